The van der Waals surface area contributed by atoms with Crippen molar-refractivity contribution in [1.82, 2.24) is 15.3 Å². The average molecular weight is 374 g/mol. The Kier molecular flexibility index (Phi) is 5.75. The number of imidazole rings is 1. The van der Waals surface area contributed by atoms with E-state index in [1.807, 2.05) is 36.4 Å². The Balaban J connectivity index is 1.58. The van der Waals surface area contributed by atoms with Gasteiger partial charge in [0.15, 0.2) is 0 Å². The van der Waals surface area contributed by atoms with Crippen molar-refractivity contribution in [3.05, 3.63) is 59.6 Å². The van der Waals surface area contributed by atoms with Crippen molar-refractivity contribution < 1.29 is 14.6 Å². The quantitative estimate of drug-likeness (QED) is 0.593. The van der Waals surface area contributed by atoms with Crippen LogP contribution in [0.15, 0.2) is 48.9 Å². The maximum Gasteiger partial charge on any atom is 0.269 e. The van der Waals surface area contributed by atoms with Crippen molar-refractivity contribution in [2.24, 2.45) is 0 Å². The number of nitrogens with one attached hydrogen (secondary N) is 2. The number of nitrogens with zero attached hydrogens (tertiary/aromatic N) is 1. The van der Waals surface area contributed by atoms with Gasteiger partial charge in [-0.3, -0.25) is 4.79 Å². The second kappa shape index (κ2) is 8.21. The summed E-state index contributed by atoms with van der Waals surface area (Å²) in [6.07, 6.45) is 2.62. The van der Waals surface area contributed by atoms with E-state index in [1.54, 1.807) is 6.92 Å². The van der Waals surface area contributed by atoms with E-state index in [-0.39, 0.29) is 5.91 Å². The molecular formula is C19H20ClN3O3. The van der Waals surface area contributed by atoms with Gasteiger partial charge in [0.25, 0.3) is 5.91 Å². The van der Waals surface area contributed by atoms with Gasteiger partial charge < -0.3 is 20.1 Å². The van der Waals surface area contributed by atoms with E-state index in [0.29, 0.717) is 29.5 Å². The summed E-state index contributed by atoms with van der Waals surface area (Å²) in [5.74, 6) is 0.401. The Morgan fingerprint density at radius 2 is 2.12 bits per heavy atom. The number of fused-ring (bicyclic) bond motifs is 1. The monoisotopic (exact) mass is 373 g/mol. The average Bonchev–Trinajstić information content (AvgIpc) is 3.15. The number of amides is 1. The van der Waals surface area contributed by atoms with Crippen molar-refractivity contribution >= 4 is 28.3 Å². The van der Waals surface area contributed by atoms with Crippen LogP contribution in [0.1, 0.15) is 23.8 Å². The van der Waals surface area contributed by atoms with Crippen molar-refractivity contribution in [2.75, 3.05) is 6.61 Å². The summed E-state index contributed by atoms with van der Waals surface area (Å²) in [7, 11) is 0. The summed E-state index contributed by atoms with van der Waals surface area (Å²) < 4.78 is 5.78. The summed E-state index contributed by atoms with van der Waals surface area (Å²) in [5.41, 5.74) is 0.350. The molecule has 2 atom stereocenters. The molecule has 0 aliphatic rings. The fourth-order valence-electron chi connectivity index (χ4n) is 2.65. The van der Waals surface area contributed by atoms with Crippen LogP contribution in [0.25, 0.3) is 10.8 Å². The molecule has 3 rings (SSSR count). The van der Waals surface area contributed by atoms with Gasteiger partial charge in [-0.15, -0.1) is 0 Å². The zero-order valence-electron chi connectivity index (χ0n) is 14.3. The van der Waals surface area contributed by atoms with Gasteiger partial charge >= 0.3 is 0 Å². The first-order chi connectivity index (χ1) is 12.5. The van der Waals surface area contributed by atoms with Crippen LogP contribution in [-0.2, 0) is 0 Å². The second-order valence-electron chi connectivity index (χ2n) is 6.08. The van der Waals surface area contributed by atoms with Crippen LogP contribution in [0.5, 0.6) is 5.75 Å². The van der Waals surface area contributed by atoms with Gasteiger partial charge in [-0.05, 0) is 42.0 Å². The maximum absolute atomic E-state index is 12.1. The highest BCUT2D eigenvalue weighted by atomic mass is 35.5. The Morgan fingerprint density at radius 1 is 1.31 bits per heavy atom. The fraction of sp³-hybridized carbons (Fsp3) is 0.263. The van der Waals surface area contributed by atoms with Gasteiger partial charge in [0.2, 0.25) is 0 Å². The number of carbonyl (C=O) groups excluding carboxylic acids is 1. The van der Waals surface area contributed by atoms with Crippen LogP contribution in [0.4, 0.5) is 0 Å². The molecule has 0 saturated heterocycles. The minimum Gasteiger partial charge on any atom is -0.493 e. The SMILES string of the molecule is C[C@H](O)[C@@H](CCOc1ccc2ccc(Cl)cc2c1)NC(=O)c1cnc[nH]1. The molecule has 136 valence electrons. The van der Waals surface area contributed by atoms with Gasteiger partial charge in [0.05, 0.1) is 31.3 Å². The molecule has 0 unspecified atom stereocenters. The van der Waals surface area contributed by atoms with E-state index in [0.717, 1.165) is 10.8 Å². The molecule has 0 bridgehead atoms. The molecule has 0 saturated carbocycles. The van der Waals surface area contributed by atoms with E-state index >= 15 is 0 Å². The van der Waals surface area contributed by atoms with Crippen LogP contribution >= 0.6 is 11.6 Å². The number of halogens is 1. The zero-order valence-corrected chi connectivity index (χ0v) is 15.0. The van der Waals surface area contributed by atoms with E-state index in [9.17, 15) is 9.90 Å². The van der Waals surface area contributed by atoms with Crippen molar-refractivity contribution in [3.8, 4) is 5.75 Å². The molecule has 0 spiro atoms. The Labute approximate surface area is 156 Å². The lowest BCUT2D eigenvalue weighted by Crippen LogP contribution is -2.43. The van der Waals surface area contributed by atoms with Gasteiger partial charge in [0.1, 0.15) is 11.4 Å². The van der Waals surface area contributed by atoms with E-state index in [4.69, 9.17) is 16.3 Å². The van der Waals surface area contributed by atoms with Crippen molar-refractivity contribution in [2.45, 2.75) is 25.5 Å². The van der Waals surface area contributed by atoms with Crippen LogP contribution < -0.4 is 10.1 Å². The van der Waals surface area contributed by atoms with Crippen LogP contribution in [0.2, 0.25) is 5.02 Å². The molecule has 3 N–H and O–H groups in total. The molecule has 7 heteroatoms. The number of carbonyl (C=O) groups is 1. The van der Waals surface area contributed by atoms with Crippen LogP contribution in [0.3, 0.4) is 0 Å². The predicted molar refractivity (Wildman–Crippen MR) is 101 cm³/mol. The molecule has 0 fully saturated rings. The second-order valence-corrected chi connectivity index (χ2v) is 6.51. The molecule has 1 amide bonds. The Hall–Kier alpha value is -2.57. The molecule has 0 radical (unpaired) electrons. The zero-order chi connectivity index (χ0) is 18.5. The summed E-state index contributed by atoms with van der Waals surface area (Å²) >= 11 is 6.03. The molecule has 0 aliphatic carbocycles. The molecule has 6 nitrogen and oxygen atoms in total. The highest BCUT2D eigenvalue weighted by molar-refractivity contribution is 6.31. The summed E-state index contributed by atoms with van der Waals surface area (Å²) in [5, 5.41) is 15.4. The number of aromatic nitrogens is 2. The number of H-pyrrole nitrogens is 1. The van der Waals surface area contributed by atoms with Crippen molar-refractivity contribution in [3.63, 3.8) is 0 Å². The molecule has 26 heavy (non-hydrogen) atoms. The summed E-state index contributed by atoms with van der Waals surface area (Å²) in [4.78, 5) is 18.6. The normalized spacial score (nSPS) is 13.3. The minimum absolute atomic E-state index is 0.311. The van der Waals surface area contributed by atoms with Crippen molar-refractivity contribution in [1.29, 1.82) is 0 Å². The first kappa shape index (κ1) is 18.2. The Bertz CT molecular complexity index is 881. The van der Waals surface area contributed by atoms with Crippen LogP contribution in [0, 0.1) is 0 Å². The number of ether oxygens (including phenoxy) is 1. The lowest BCUT2D eigenvalue weighted by molar-refractivity contribution is 0.0827. The molecule has 2 aromatic carbocycles. The molecule has 1 aromatic heterocycles. The first-order valence-electron chi connectivity index (χ1n) is 8.32. The minimum atomic E-state index is -0.708. The van der Waals surface area contributed by atoms with Gasteiger partial charge in [-0.25, -0.2) is 4.98 Å². The van der Waals surface area contributed by atoms with E-state index < -0.39 is 12.1 Å². The highest BCUT2D eigenvalue weighted by Gasteiger charge is 2.19. The number of aliphatic hydroxyl groups is 1. The lowest BCUT2D eigenvalue weighted by atomic mass is 10.1. The first-order valence-corrected chi connectivity index (χ1v) is 8.70. The number of rotatable bonds is 7. The smallest absolute Gasteiger partial charge is 0.269 e. The maximum atomic E-state index is 12.1. The third kappa shape index (κ3) is 4.53. The van der Waals surface area contributed by atoms with Gasteiger partial charge in [0, 0.05) is 11.4 Å². The number of benzene rings is 2. The third-order valence-corrected chi connectivity index (χ3v) is 4.35. The van der Waals surface area contributed by atoms with Crippen LogP contribution in [-0.4, -0.2) is 39.7 Å². The number of aromatic amines is 1. The molecule has 1 heterocycles. The molecule has 0 aliphatic heterocycles. The largest absolute Gasteiger partial charge is 0.493 e. The van der Waals surface area contributed by atoms with E-state index in [2.05, 4.69) is 15.3 Å². The third-order valence-electron chi connectivity index (χ3n) is 4.11. The number of hydrogen-bond donors (Lipinski definition) is 3. The number of aliphatic hydroxyl groups excluding tert-OH is 1. The standard InChI is InChI=1S/C19H20ClN3O3/c1-12(24)17(23-19(25)18-10-21-11-22-18)6-7-26-16-5-3-13-2-4-15(20)8-14(13)9-16/h2-5,8-12,17,24H,6-7H2,1H3,(H,21,22)(H,23,25)/t12-,17+/m0/s1. The molecular weight excluding hydrogens is 354 g/mol. The molecule has 3 aromatic rings. The highest BCUT2D eigenvalue weighted by Crippen LogP contribution is 2.24. The summed E-state index contributed by atoms with van der Waals surface area (Å²) in [6.45, 7) is 1.99. The fourth-order valence-corrected chi connectivity index (χ4v) is 2.83. The lowest BCUT2D eigenvalue weighted by Gasteiger charge is -2.21. The van der Waals surface area contributed by atoms with Gasteiger partial charge in [-0.1, -0.05) is 23.7 Å². The topological polar surface area (TPSA) is 87.2 Å². The summed E-state index contributed by atoms with van der Waals surface area (Å²) in [6, 6.07) is 11.0. The predicted octanol–water partition coefficient (Wildman–Crippen LogP) is 3.16. The Morgan fingerprint density at radius 3 is 2.85 bits per heavy atom. The van der Waals surface area contributed by atoms with Gasteiger partial charge in [-0.2, -0.15) is 0 Å². The van der Waals surface area contributed by atoms with E-state index in [1.165, 1.54) is 12.5 Å². The number of hydrogen-bond acceptors (Lipinski definition) is 4.